The average Bonchev–Trinajstić information content (AvgIpc) is 2.37. The number of nitrogens with one attached hydrogen (secondary N) is 2. The molecule has 0 radical (unpaired) electrons. The summed E-state index contributed by atoms with van der Waals surface area (Å²) in [6.45, 7) is 1.34. The lowest BCUT2D eigenvalue weighted by molar-refractivity contribution is -0.121. The predicted octanol–water partition coefficient (Wildman–Crippen LogP) is 1.10. The molecule has 1 aromatic rings. The highest BCUT2D eigenvalue weighted by atomic mass is 19.1. The number of halogens is 1. The average molecular weight is 254 g/mol. The highest BCUT2D eigenvalue weighted by molar-refractivity contribution is 5.76. The first-order valence-corrected chi connectivity index (χ1v) is 5.91. The topological polar surface area (TPSA) is 50.4 Å². The van der Waals surface area contributed by atoms with E-state index in [4.69, 9.17) is 4.74 Å². The summed E-state index contributed by atoms with van der Waals surface area (Å²) >= 11 is 0. The van der Waals surface area contributed by atoms with E-state index in [0.717, 1.165) is 12.1 Å². The van der Waals surface area contributed by atoms with Crippen LogP contribution in [0.4, 0.5) is 4.39 Å². The SMILES string of the molecule is CNCCNC(=O)CCc1ccc(OC)c(F)c1. The van der Waals surface area contributed by atoms with Crippen molar-refractivity contribution in [2.75, 3.05) is 27.2 Å². The lowest BCUT2D eigenvalue weighted by Gasteiger charge is -2.06. The van der Waals surface area contributed by atoms with Gasteiger partial charge in [-0.05, 0) is 31.2 Å². The minimum atomic E-state index is -0.398. The first-order chi connectivity index (χ1) is 8.67. The van der Waals surface area contributed by atoms with Crippen molar-refractivity contribution in [2.45, 2.75) is 12.8 Å². The third kappa shape index (κ3) is 4.71. The van der Waals surface area contributed by atoms with Gasteiger partial charge in [0.1, 0.15) is 0 Å². The van der Waals surface area contributed by atoms with Crippen molar-refractivity contribution in [3.05, 3.63) is 29.6 Å². The summed E-state index contributed by atoms with van der Waals surface area (Å²) in [6, 6.07) is 4.74. The number of hydrogen-bond acceptors (Lipinski definition) is 3. The summed E-state index contributed by atoms with van der Waals surface area (Å²) in [4.78, 5) is 11.4. The Bertz CT molecular complexity index is 397. The largest absolute Gasteiger partial charge is 0.494 e. The van der Waals surface area contributed by atoms with Gasteiger partial charge in [-0.3, -0.25) is 4.79 Å². The Hall–Kier alpha value is -1.62. The van der Waals surface area contributed by atoms with Gasteiger partial charge in [-0.2, -0.15) is 0 Å². The monoisotopic (exact) mass is 254 g/mol. The molecule has 0 spiro atoms. The van der Waals surface area contributed by atoms with Crippen LogP contribution in [0.25, 0.3) is 0 Å². The molecule has 4 nitrogen and oxygen atoms in total. The Morgan fingerprint density at radius 1 is 1.39 bits per heavy atom. The quantitative estimate of drug-likeness (QED) is 0.716. The number of methoxy groups -OCH3 is 1. The van der Waals surface area contributed by atoms with E-state index in [1.54, 1.807) is 12.1 Å². The molecular formula is C13H19FN2O2. The van der Waals surface area contributed by atoms with E-state index >= 15 is 0 Å². The molecule has 2 N–H and O–H groups in total. The second kappa shape index (κ2) is 7.66. The van der Waals surface area contributed by atoms with Gasteiger partial charge >= 0.3 is 0 Å². The molecule has 0 unspecified atom stereocenters. The standard InChI is InChI=1S/C13H19FN2O2/c1-15-7-8-16-13(17)6-4-10-3-5-12(18-2)11(14)9-10/h3,5,9,15H,4,6-8H2,1-2H3,(H,16,17). The molecule has 18 heavy (non-hydrogen) atoms. The van der Waals surface area contributed by atoms with Crippen LogP contribution < -0.4 is 15.4 Å². The smallest absolute Gasteiger partial charge is 0.220 e. The van der Waals surface area contributed by atoms with Gasteiger partial charge < -0.3 is 15.4 Å². The zero-order chi connectivity index (χ0) is 13.4. The van der Waals surface area contributed by atoms with E-state index in [1.165, 1.54) is 13.2 Å². The van der Waals surface area contributed by atoms with Crippen LogP contribution in [0.15, 0.2) is 18.2 Å². The molecule has 0 saturated heterocycles. The third-order valence-corrected chi connectivity index (χ3v) is 2.55. The van der Waals surface area contributed by atoms with Gasteiger partial charge in [0.05, 0.1) is 7.11 Å². The first kappa shape index (κ1) is 14.4. The molecule has 0 aliphatic carbocycles. The number of hydrogen-bond donors (Lipinski definition) is 2. The molecule has 1 rings (SSSR count). The van der Waals surface area contributed by atoms with Gasteiger partial charge in [-0.25, -0.2) is 4.39 Å². The van der Waals surface area contributed by atoms with E-state index in [-0.39, 0.29) is 11.7 Å². The third-order valence-electron chi connectivity index (χ3n) is 2.55. The molecular weight excluding hydrogens is 235 g/mol. The van der Waals surface area contributed by atoms with Crippen molar-refractivity contribution in [3.8, 4) is 5.75 Å². The maximum Gasteiger partial charge on any atom is 0.220 e. The predicted molar refractivity (Wildman–Crippen MR) is 68.2 cm³/mol. The lowest BCUT2D eigenvalue weighted by atomic mass is 10.1. The van der Waals surface area contributed by atoms with E-state index in [1.807, 2.05) is 7.05 Å². The van der Waals surface area contributed by atoms with Crippen LogP contribution in [0.3, 0.4) is 0 Å². The molecule has 0 atom stereocenters. The van der Waals surface area contributed by atoms with E-state index in [9.17, 15) is 9.18 Å². The number of carbonyl (C=O) groups is 1. The molecule has 0 aliphatic heterocycles. The number of aryl methyl sites for hydroxylation is 1. The normalized spacial score (nSPS) is 10.2. The molecule has 1 aromatic carbocycles. The summed E-state index contributed by atoms with van der Waals surface area (Å²) in [6.07, 6.45) is 0.877. The molecule has 0 saturated carbocycles. The second-order valence-electron chi connectivity index (χ2n) is 3.92. The summed E-state index contributed by atoms with van der Waals surface area (Å²) in [5, 5.41) is 5.71. The van der Waals surface area contributed by atoms with Crippen LogP contribution in [-0.2, 0) is 11.2 Å². The second-order valence-corrected chi connectivity index (χ2v) is 3.92. The number of amides is 1. The molecule has 5 heteroatoms. The Balaban J connectivity index is 2.39. The molecule has 0 aliphatic rings. The van der Waals surface area contributed by atoms with E-state index in [0.29, 0.717) is 19.4 Å². The fourth-order valence-corrected chi connectivity index (χ4v) is 1.54. The zero-order valence-electron chi connectivity index (χ0n) is 10.8. The van der Waals surface area contributed by atoms with Crippen LogP contribution in [0.5, 0.6) is 5.75 Å². The molecule has 100 valence electrons. The number of carbonyl (C=O) groups excluding carboxylic acids is 1. The zero-order valence-corrected chi connectivity index (χ0v) is 10.8. The number of ether oxygens (including phenoxy) is 1. The van der Waals surface area contributed by atoms with Crippen LogP contribution in [0.1, 0.15) is 12.0 Å². The van der Waals surface area contributed by atoms with Gasteiger partial charge in [0, 0.05) is 19.5 Å². The Morgan fingerprint density at radius 2 is 2.17 bits per heavy atom. The minimum absolute atomic E-state index is 0.0264. The maximum absolute atomic E-state index is 13.4. The van der Waals surface area contributed by atoms with Crippen molar-refractivity contribution in [3.63, 3.8) is 0 Å². The van der Waals surface area contributed by atoms with Gasteiger partial charge in [-0.15, -0.1) is 0 Å². The van der Waals surface area contributed by atoms with Crippen LogP contribution in [0, 0.1) is 5.82 Å². The number of rotatable bonds is 7. The van der Waals surface area contributed by atoms with Gasteiger partial charge in [0.25, 0.3) is 0 Å². The maximum atomic E-state index is 13.4. The van der Waals surface area contributed by atoms with Crippen molar-refractivity contribution in [1.29, 1.82) is 0 Å². The fraction of sp³-hybridized carbons (Fsp3) is 0.462. The van der Waals surface area contributed by atoms with Crippen molar-refractivity contribution >= 4 is 5.91 Å². The molecule has 0 bridgehead atoms. The van der Waals surface area contributed by atoms with Crippen molar-refractivity contribution in [2.24, 2.45) is 0 Å². The van der Waals surface area contributed by atoms with Crippen LogP contribution in [0.2, 0.25) is 0 Å². The van der Waals surface area contributed by atoms with Crippen LogP contribution >= 0.6 is 0 Å². The number of likely N-dealkylation sites (N-methyl/N-ethyl adjacent to an activating group) is 1. The molecule has 0 aromatic heterocycles. The van der Waals surface area contributed by atoms with Crippen molar-refractivity contribution < 1.29 is 13.9 Å². The summed E-state index contributed by atoms with van der Waals surface area (Å²) in [7, 11) is 3.25. The van der Waals surface area contributed by atoms with Crippen molar-refractivity contribution in [1.82, 2.24) is 10.6 Å². The highest BCUT2D eigenvalue weighted by Gasteiger charge is 2.05. The van der Waals surface area contributed by atoms with Gasteiger partial charge in [0.15, 0.2) is 11.6 Å². The fourth-order valence-electron chi connectivity index (χ4n) is 1.54. The number of benzene rings is 1. The minimum Gasteiger partial charge on any atom is -0.494 e. The summed E-state index contributed by atoms with van der Waals surface area (Å²) < 4.78 is 18.2. The first-order valence-electron chi connectivity index (χ1n) is 5.91. The Morgan fingerprint density at radius 3 is 2.78 bits per heavy atom. The van der Waals surface area contributed by atoms with Gasteiger partial charge in [0.2, 0.25) is 5.91 Å². The van der Waals surface area contributed by atoms with Crippen LogP contribution in [-0.4, -0.2) is 33.2 Å². The Labute approximate surface area is 107 Å². The molecule has 0 heterocycles. The van der Waals surface area contributed by atoms with E-state index < -0.39 is 5.82 Å². The molecule has 0 fully saturated rings. The molecule has 1 amide bonds. The Kier molecular flexibility index (Phi) is 6.14. The summed E-state index contributed by atoms with van der Waals surface area (Å²) in [5.74, 6) is -0.204. The van der Waals surface area contributed by atoms with Gasteiger partial charge in [-0.1, -0.05) is 6.07 Å². The summed E-state index contributed by atoms with van der Waals surface area (Å²) in [5.41, 5.74) is 0.789. The lowest BCUT2D eigenvalue weighted by Crippen LogP contribution is -2.30. The highest BCUT2D eigenvalue weighted by Crippen LogP contribution is 2.18. The van der Waals surface area contributed by atoms with E-state index in [2.05, 4.69) is 10.6 Å².